The summed E-state index contributed by atoms with van der Waals surface area (Å²) in [7, 11) is 0. The van der Waals surface area contributed by atoms with Gasteiger partial charge < -0.3 is 24.3 Å². The van der Waals surface area contributed by atoms with Crippen LogP contribution in [0.5, 0.6) is 11.5 Å². The van der Waals surface area contributed by atoms with Crippen LogP contribution in [0.15, 0.2) is 54.6 Å². The first kappa shape index (κ1) is 28.9. The van der Waals surface area contributed by atoms with Gasteiger partial charge in [-0.25, -0.2) is 9.59 Å². The standard InChI is InChI=1S/C28H32N2O7/c1-5-34-25(31)15-13-21-12-11-20(18-29)17-24(21)35-19-22(30-27(33)37-28(2,3)4)14-16-26(32)36-23-9-7-6-8-10-23/h6-13,15,17,22H,5,14,16,19H2,1-4H3,(H,30,33). The third kappa shape index (κ3) is 11.3. The van der Waals surface area contributed by atoms with Gasteiger partial charge in [0.1, 0.15) is 23.7 Å². The van der Waals surface area contributed by atoms with Crippen molar-refractivity contribution in [1.29, 1.82) is 5.26 Å². The largest absolute Gasteiger partial charge is 0.491 e. The molecule has 0 aliphatic carbocycles. The fraction of sp³-hybridized carbons (Fsp3) is 0.357. The fourth-order valence-electron chi connectivity index (χ4n) is 3.04. The molecule has 9 heteroatoms. The minimum absolute atomic E-state index is 0.00652. The second-order valence-electron chi connectivity index (χ2n) is 8.93. The van der Waals surface area contributed by atoms with Gasteiger partial charge in [0.05, 0.1) is 24.3 Å². The number of alkyl carbamates (subject to hydrolysis) is 1. The van der Waals surface area contributed by atoms with Crippen LogP contribution >= 0.6 is 0 Å². The molecule has 1 atom stereocenters. The smallest absolute Gasteiger partial charge is 0.407 e. The zero-order chi connectivity index (χ0) is 27.3. The summed E-state index contributed by atoms with van der Waals surface area (Å²) in [5.74, 6) is -0.236. The molecule has 0 aliphatic rings. The summed E-state index contributed by atoms with van der Waals surface area (Å²) in [6, 6.07) is 14.8. The van der Waals surface area contributed by atoms with Crippen LogP contribution in [0.25, 0.3) is 6.08 Å². The third-order valence-corrected chi connectivity index (χ3v) is 4.66. The van der Waals surface area contributed by atoms with Crippen molar-refractivity contribution in [2.24, 2.45) is 0 Å². The van der Waals surface area contributed by atoms with Gasteiger partial charge in [-0.05, 0) is 70.5 Å². The second-order valence-corrected chi connectivity index (χ2v) is 8.93. The molecular weight excluding hydrogens is 476 g/mol. The van der Waals surface area contributed by atoms with Crippen molar-refractivity contribution in [3.63, 3.8) is 0 Å². The molecule has 0 bridgehead atoms. The number of ether oxygens (including phenoxy) is 4. The molecule has 1 unspecified atom stereocenters. The Balaban J connectivity index is 2.14. The highest BCUT2D eigenvalue weighted by atomic mass is 16.6. The van der Waals surface area contributed by atoms with Crippen molar-refractivity contribution in [2.75, 3.05) is 13.2 Å². The van der Waals surface area contributed by atoms with Crippen molar-refractivity contribution in [1.82, 2.24) is 5.32 Å². The van der Waals surface area contributed by atoms with Gasteiger partial charge in [0.25, 0.3) is 0 Å². The normalized spacial score (nSPS) is 11.8. The number of amides is 1. The predicted octanol–water partition coefficient (Wildman–Crippen LogP) is 4.79. The summed E-state index contributed by atoms with van der Waals surface area (Å²) in [6.07, 6.45) is 2.32. The number of hydrogen-bond acceptors (Lipinski definition) is 8. The van der Waals surface area contributed by atoms with E-state index in [1.165, 1.54) is 18.2 Å². The lowest BCUT2D eigenvalue weighted by Crippen LogP contribution is -2.42. The molecule has 196 valence electrons. The molecule has 0 heterocycles. The van der Waals surface area contributed by atoms with Crippen LogP contribution in [0.3, 0.4) is 0 Å². The third-order valence-electron chi connectivity index (χ3n) is 4.66. The first-order chi connectivity index (χ1) is 17.6. The Morgan fingerprint density at radius 3 is 2.49 bits per heavy atom. The molecule has 0 radical (unpaired) electrons. The number of nitrogens with one attached hydrogen (secondary N) is 1. The number of nitriles is 1. The Kier molecular flexibility index (Phi) is 11.2. The molecule has 0 aliphatic heterocycles. The maximum atomic E-state index is 12.4. The maximum absolute atomic E-state index is 12.4. The average Bonchev–Trinajstić information content (AvgIpc) is 2.84. The van der Waals surface area contributed by atoms with E-state index < -0.39 is 29.7 Å². The number of para-hydroxylation sites is 1. The van der Waals surface area contributed by atoms with Gasteiger partial charge in [-0.1, -0.05) is 18.2 Å². The van der Waals surface area contributed by atoms with Crippen LogP contribution in [0, 0.1) is 11.3 Å². The molecule has 0 aromatic heterocycles. The van der Waals surface area contributed by atoms with E-state index in [2.05, 4.69) is 5.32 Å². The van der Waals surface area contributed by atoms with E-state index in [1.54, 1.807) is 64.1 Å². The van der Waals surface area contributed by atoms with Gasteiger partial charge in [0, 0.05) is 18.1 Å². The van der Waals surface area contributed by atoms with Crippen molar-refractivity contribution in [3.05, 3.63) is 65.7 Å². The summed E-state index contributed by atoms with van der Waals surface area (Å²) in [6.45, 7) is 7.13. The zero-order valence-corrected chi connectivity index (χ0v) is 21.5. The summed E-state index contributed by atoms with van der Waals surface area (Å²) in [5, 5.41) is 12.0. The molecular formula is C28H32N2O7. The lowest BCUT2D eigenvalue weighted by molar-refractivity contribution is -0.137. The highest BCUT2D eigenvalue weighted by Gasteiger charge is 2.21. The van der Waals surface area contributed by atoms with Gasteiger partial charge in [-0.15, -0.1) is 0 Å². The number of carbonyl (C=O) groups is 3. The molecule has 0 spiro atoms. The number of nitrogens with zero attached hydrogens (tertiary/aromatic N) is 1. The second kappa shape index (κ2) is 14.3. The molecule has 0 saturated carbocycles. The summed E-state index contributed by atoms with van der Waals surface area (Å²) < 4.78 is 21.5. The Hall–Kier alpha value is -4.32. The molecule has 37 heavy (non-hydrogen) atoms. The fourth-order valence-corrected chi connectivity index (χ4v) is 3.04. The molecule has 1 amide bonds. The van der Waals surface area contributed by atoms with E-state index in [-0.39, 0.29) is 26.1 Å². The van der Waals surface area contributed by atoms with Gasteiger partial charge >= 0.3 is 18.0 Å². The summed E-state index contributed by atoms with van der Waals surface area (Å²) in [5.41, 5.74) is 0.173. The molecule has 9 nitrogen and oxygen atoms in total. The van der Waals surface area contributed by atoms with Crippen molar-refractivity contribution < 1.29 is 33.3 Å². The van der Waals surface area contributed by atoms with E-state index in [1.807, 2.05) is 12.1 Å². The molecule has 2 rings (SSSR count). The molecule has 0 fully saturated rings. The van der Waals surface area contributed by atoms with Crippen molar-refractivity contribution >= 4 is 24.1 Å². The van der Waals surface area contributed by atoms with E-state index in [0.29, 0.717) is 22.6 Å². The van der Waals surface area contributed by atoms with Gasteiger partial charge in [0.15, 0.2) is 0 Å². The molecule has 1 N–H and O–H groups in total. The zero-order valence-electron chi connectivity index (χ0n) is 21.5. The monoisotopic (exact) mass is 508 g/mol. The van der Waals surface area contributed by atoms with Crippen LogP contribution in [0.1, 0.15) is 51.7 Å². The minimum Gasteiger partial charge on any atom is -0.491 e. The highest BCUT2D eigenvalue weighted by Crippen LogP contribution is 2.23. The predicted molar refractivity (Wildman–Crippen MR) is 137 cm³/mol. The molecule has 2 aromatic carbocycles. The SMILES string of the molecule is CCOC(=O)C=Cc1ccc(C#N)cc1OCC(CCC(=O)Oc1ccccc1)NC(=O)OC(C)(C)C. The van der Waals surface area contributed by atoms with E-state index in [9.17, 15) is 19.6 Å². The summed E-state index contributed by atoms with van der Waals surface area (Å²) in [4.78, 5) is 36.5. The van der Waals surface area contributed by atoms with Crippen LogP contribution in [0.4, 0.5) is 4.79 Å². The highest BCUT2D eigenvalue weighted by molar-refractivity contribution is 5.87. The van der Waals surface area contributed by atoms with Gasteiger partial charge in [-0.2, -0.15) is 5.26 Å². The summed E-state index contributed by atoms with van der Waals surface area (Å²) >= 11 is 0. The first-order valence-corrected chi connectivity index (χ1v) is 11.9. The number of carbonyl (C=O) groups excluding carboxylic acids is 3. The van der Waals surface area contributed by atoms with Crippen LogP contribution < -0.4 is 14.8 Å². The lowest BCUT2D eigenvalue weighted by Gasteiger charge is -2.24. The van der Waals surface area contributed by atoms with E-state index >= 15 is 0 Å². The van der Waals surface area contributed by atoms with E-state index in [0.717, 1.165) is 0 Å². The Morgan fingerprint density at radius 2 is 1.84 bits per heavy atom. The molecule has 0 saturated heterocycles. The number of rotatable bonds is 11. The lowest BCUT2D eigenvalue weighted by atomic mass is 10.1. The average molecular weight is 509 g/mol. The van der Waals surface area contributed by atoms with Crippen LogP contribution in [-0.4, -0.2) is 42.9 Å². The Morgan fingerprint density at radius 1 is 1.11 bits per heavy atom. The van der Waals surface area contributed by atoms with Crippen molar-refractivity contribution in [3.8, 4) is 17.6 Å². The Labute approximate surface area is 217 Å². The van der Waals surface area contributed by atoms with Crippen molar-refractivity contribution in [2.45, 2.75) is 52.2 Å². The van der Waals surface area contributed by atoms with Gasteiger partial charge in [-0.3, -0.25) is 4.79 Å². The minimum atomic E-state index is -0.714. The molecule has 2 aromatic rings. The topological polar surface area (TPSA) is 124 Å². The number of hydrogen-bond donors (Lipinski definition) is 1. The maximum Gasteiger partial charge on any atom is 0.407 e. The van der Waals surface area contributed by atoms with Gasteiger partial charge in [0.2, 0.25) is 0 Å². The first-order valence-electron chi connectivity index (χ1n) is 11.9. The van der Waals surface area contributed by atoms with E-state index in [4.69, 9.17) is 18.9 Å². The number of benzene rings is 2. The van der Waals surface area contributed by atoms with Crippen LogP contribution in [-0.2, 0) is 19.1 Å². The quantitative estimate of drug-likeness (QED) is 0.261. The van der Waals surface area contributed by atoms with Crippen LogP contribution in [0.2, 0.25) is 0 Å². The Bertz CT molecular complexity index is 1130. The number of esters is 2.